The standard InChI is InChI=1S/C40H26N4/c1-2-10-27(11-3-1)28-16-19-32-33-20-17-29(35-13-6-8-22-41-35)25-38(33)43(37(32)24-28)30-18-21-34-31-12-4-5-14-36(31)44(39(34)26-30)40-15-7-9-23-42-40/h1-26H. The lowest BCUT2D eigenvalue weighted by Gasteiger charge is -2.12. The largest absolute Gasteiger partial charge is 0.309 e. The molecule has 0 fully saturated rings. The predicted octanol–water partition coefficient (Wildman–Crippen LogP) is 10.0. The van der Waals surface area contributed by atoms with Crippen molar-refractivity contribution in [1.82, 2.24) is 19.1 Å². The monoisotopic (exact) mass is 562 g/mol. The van der Waals surface area contributed by atoms with Crippen LogP contribution in [-0.2, 0) is 0 Å². The summed E-state index contributed by atoms with van der Waals surface area (Å²) >= 11 is 0. The summed E-state index contributed by atoms with van der Waals surface area (Å²) in [5.74, 6) is 0.905. The molecule has 0 aliphatic heterocycles. The van der Waals surface area contributed by atoms with Gasteiger partial charge < -0.3 is 4.57 Å². The summed E-state index contributed by atoms with van der Waals surface area (Å²) in [7, 11) is 0. The van der Waals surface area contributed by atoms with E-state index < -0.39 is 0 Å². The van der Waals surface area contributed by atoms with Crippen LogP contribution in [0.4, 0.5) is 0 Å². The van der Waals surface area contributed by atoms with E-state index in [1.54, 1.807) is 0 Å². The summed E-state index contributed by atoms with van der Waals surface area (Å²) in [6, 6.07) is 51.7. The minimum absolute atomic E-state index is 0.905. The van der Waals surface area contributed by atoms with Crippen LogP contribution in [0.3, 0.4) is 0 Å². The van der Waals surface area contributed by atoms with E-state index in [4.69, 9.17) is 4.98 Å². The number of pyridine rings is 2. The third-order valence-corrected chi connectivity index (χ3v) is 8.63. The normalized spacial score (nSPS) is 11.6. The van der Waals surface area contributed by atoms with Crippen LogP contribution in [0.25, 0.3) is 77.5 Å². The number of benzene rings is 5. The summed E-state index contributed by atoms with van der Waals surface area (Å²) in [6.45, 7) is 0. The smallest absolute Gasteiger partial charge is 0.137 e. The third kappa shape index (κ3) is 3.78. The molecule has 4 heterocycles. The number of hydrogen-bond donors (Lipinski definition) is 0. The highest BCUT2D eigenvalue weighted by Crippen LogP contribution is 2.39. The molecule has 4 nitrogen and oxygen atoms in total. The Kier molecular flexibility index (Phi) is 5.47. The zero-order valence-corrected chi connectivity index (χ0v) is 23.8. The van der Waals surface area contributed by atoms with Crippen molar-refractivity contribution in [1.29, 1.82) is 0 Å². The molecule has 0 aliphatic carbocycles. The molecule has 0 unspecified atom stereocenters. The molecule has 206 valence electrons. The maximum Gasteiger partial charge on any atom is 0.137 e. The van der Waals surface area contributed by atoms with Gasteiger partial charge in [-0.1, -0.05) is 91.0 Å². The predicted molar refractivity (Wildman–Crippen MR) is 182 cm³/mol. The van der Waals surface area contributed by atoms with Gasteiger partial charge in [-0.25, -0.2) is 4.98 Å². The lowest BCUT2D eigenvalue weighted by Crippen LogP contribution is -1.98. The molecular formula is C40H26N4. The van der Waals surface area contributed by atoms with Gasteiger partial charge in [0, 0.05) is 45.2 Å². The SMILES string of the molecule is c1ccc(-c2ccc3c4ccc(-c5ccccn5)cc4n(-c4ccc5c6ccccc6n(-c6ccccn6)c5c4)c3c2)cc1. The molecule has 4 heteroatoms. The van der Waals surface area contributed by atoms with E-state index in [9.17, 15) is 0 Å². The number of aromatic nitrogens is 4. The minimum Gasteiger partial charge on any atom is -0.309 e. The Hall–Kier alpha value is -6.00. The second kappa shape index (κ2) is 9.79. The molecule has 0 saturated carbocycles. The maximum atomic E-state index is 4.75. The first kappa shape index (κ1) is 24.6. The fourth-order valence-electron chi connectivity index (χ4n) is 6.63. The van der Waals surface area contributed by atoms with Crippen LogP contribution in [-0.4, -0.2) is 19.1 Å². The van der Waals surface area contributed by atoms with Gasteiger partial charge >= 0.3 is 0 Å². The topological polar surface area (TPSA) is 35.6 Å². The Balaban J connectivity index is 1.37. The molecule has 0 atom stereocenters. The van der Waals surface area contributed by atoms with Gasteiger partial charge in [-0.3, -0.25) is 9.55 Å². The lowest BCUT2D eigenvalue weighted by atomic mass is 10.0. The van der Waals surface area contributed by atoms with Gasteiger partial charge in [0.05, 0.1) is 27.8 Å². The van der Waals surface area contributed by atoms with Gasteiger partial charge in [-0.05, 0) is 65.7 Å². The third-order valence-electron chi connectivity index (χ3n) is 8.63. The lowest BCUT2D eigenvalue weighted by molar-refractivity contribution is 1.08. The van der Waals surface area contributed by atoms with Gasteiger partial charge in [0.2, 0.25) is 0 Å². The molecule has 0 radical (unpaired) electrons. The van der Waals surface area contributed by atoms with Crippen molar-refractivity contribution in [2.24, 2.45) is 0 Å². The minimum atomic E-state index is 0.905. The van der Waals surface area contributed by atoms with Gasteiger partial charge in [0.15, 0.2) is 0 Å². The summed E-state index contributed by atoms with van der Waals surface area (Å²) in [5, 5.41) is 4.85. The van der Waals surface area contributed by atoms with Gasteiger partial charge in [-0.15, -0.1) is 0 Å². The molecule has 9 aromatic rings. The molecule has 0 bridgehead atoms. The van der Waals surface area contributed by atoms with Crippen LogP contribution >= 0.6 is 0 Å². The van der Waals surface area contributed by atoms with Crippen LogP contribution in [0.2, 0.25) is 0 Å². The molecule has 0 N–H and O–H groups in total. The van der Waals surface area contributed by atoms with Crippen molar-refractivity contribution in [3.63, 3.8) is 0 Å². The Morgan fingerprint density at radius 2 is 0.977 bits per heavy atom. The zero-order chi connectivity index (χ0) is 29.0. The molecular weight excluding hydrogens is 536 g/mol. The van der Waals surface area contributed by atoms with Crippen LogP contribution in [0.15, 0.2) is 158 Å². The summed E-state index contributed by atoms with van der Waals surface area (Å²) in [5.41, 5.74) is 10.1. The molecule has 44 heavy (non-hydrogen) atoms. The van der Waals surface area contributed by atoms with Crippen LogP contribution in [0, 0.1) is 0 Å². The van der Waals surface area contributed by atoms with E-state index in [-0.39, 0.29) is 0 Å². The molecule has 4 aromatic heterocycles. The molecule has 0 aliphatic rings. The number of para-hydroxylation sites is 1. The number of fused-ring (bicyclic) bond motifs is 6. The van der Waals surface area contributed by atoms with E-state index in [0.717, 1.165) is 39.3 Å². The van der Waals surface area contributed by atoms with Crippen molar-refractivity contribution in [3.8, 4) is 33.9 Å². The fraction of sp³-hybridized carbons (Fsp3) is 0. The highest BCUT2D eigenvalue weighted by atomic mass is 15.1. The quantitative estimate of drug-likeness (QED) is 0.214. The van der Waals surface area contributed by atoms with Crippen molar-refractivity contribution < 1.29 is 0 Å². The summed E-state index contributed by atoms with van der Waals surface area (Å²) in [6.07, 6.45) is 3.71. The van der Waals surface area contributed by atoms with E-state index in [0.29, 0.717) is 0 Å². The highest BCUT2D eigenvalue weighted by Gasteiger charge is 2.18. The second-order valence-corrected chi connectivity index (χ2v) is 11.1. The average molecular weight is 563 g/mol. The number of nitrogens with zero attached hydrogens (tertiary/aromatic N) is 4. The van der Waals surface area contributed by atoms with Crippen LogP contribution < -0.4 is 0 Å². The van der Waals surface area contributed by atoms with E-state index >= 15 is 0 Å². The van der Waals surface area contributed by atoms with Crippen molar-refractivity contribution in [2.45, 2.75) is 0 Å². The molecule has 9 rings (SSSR count). The molecule has 0 spiro atoms. The fourth-order valence-corrected chi connectivity index (χ4v) is 6.63. The van der Waals surface area contributed by atoms with Crippen molar-refractivity contribution in [3.05, 3.63) is 158 Å². The van der Waals surface area contributed by atoms with E-state index in [1.807, 2.05) is 36.7 Å². The molecule has 0 amide bonds. The Morgan fingerprint density at radius 1 is 0.364 bits per heavy atom. The van der Waals surface area contributed by atoms with Gasteiger partial charge in [0.1, 0.15) is 5.82 Å². The zero-order valence-electron chi connectivity index (χ0n) is 23.8. The first-order chi connectivity index (χ1) is 21.8. The van der Waals surface area contributed by atoms with E-state index in [2.05, 4.69) is 135 Å². The molecule has 0 saturated heterocycles. The Bertz CT molecular complexity index is 2380. The van der Waals surface area contributed by atoms with Gasteiger partial charge in [0.25, 0.3) is 0 Å². The molecule has 5 aromatic carbocycles. The first-order valence-corrected chi connectivity index (χ1v) is 14.8. The van der Waals surface area contributed by atoms with Crippen molar-refractivity contribution in [2.75, 3.05) is 0 Å². The second-order valence-electron chi connectivity index (χ2n) is 11.1. The van der Waals surface area contributed by atoms with Gasteiger partial charge in [-0.2, -0.15) is 0 Å². The summed E-state index contributed by atoms with van der Waals surface area (Å²) < 4.78 is 4.68. The highest BCUT2D eigenvalue weighted by molar-refractivity contribution is 6.13. The van der Waals surface area contributed by atoms with E-state index in [1.165, 1.54) is 38.2 Å². The maximum absolute atomic E-state index is 4.75. The average Bonchev–Trinajstić information content (AvgIpc) is 3.61. The van der Waals surface area contributed by atoms with Crippen molar-refractivity contribution >= 4 is 43.6 Å². The summed E-state index contributed by atoms with van der Waals surface area (Å²) in [4.78, 5) is 9.41. The Morgan fingerprint density at radius 3 is 1.73 bits per heavy atom. The first-order valence-electron chi connectivity index (χ1n) is 14.8. The number of hydrogen-bond acceptors (Lipinski definition) is 2. The van der Waals surface area contributed by atoms with Crippen LogP contribution in [0.1, 0.15) is 0 Å². The van der Waals surface area contributed by atoms with Crippen LogP contribution in [0.5, 0.6) is 0 Å². The Labute approximate surface area is 254 Å². The number of rotatable bonds is 4.